The van der Waals surface area contributed by atoms with E-state index in [-0.39, 0.29) is 12.1 Å². The van der Waals surface area contributed by atoms with Crippen molar-refractivity contribution in [2.45, 2.75) is 57.0 Å². The molecule has 0 spiro atoms. The summed E-state index contributed by atoms with van der Waals surface area (Å²) in [5.74, 6) is -0.314. The van der Waals surface area contributed by atoms with E-state index in [0.29, 0.717) is 18.8 Å². The highest BCUT2D eigenvalue weighted by atomic mass is 16.4. The Balaban J connectivity index is 1.98. The molecule has 0 saturated heterocycles. The first-order valence-electron chi connectivity index (χ1n) is 6.75. The molecule has 5 nitrogen and oxygen atoms in total. The van der Waals surface area contributed by atoms with Gasteiger partial charge in [-0.05, 0) is 38.5 Å². The van der Waals surface area contributed by atoms with Gasteiger partial charge in [-0.3, -0.25) is 0 Å². The predicted molar refractivity (Wildman–Crippen MR) is 67.3 cm³/mol. The van der Waals surface area contributed by atoms with Crippen LogP contribution in [0.2, 0.25) is 0 Å². The third kappa shape index (κ3) is 2.44. The van der Waals surface area contributed by atoms with Gasteiger partial charge in [-0.1, -0.05) is 12.8 Å². The summed E-state index contributed by atoms with van der Waals surface area (Å²) in [5.41, 5.74) is -1.03. The molecule has 2 saturated carbocycles. The maximum absolute atomic E-state index is 12.1. The maximum atomic E-state index is 12.1. The van der Waals surface area contributed by atoms with Crippen LogP contribution in [0.3, 0.4) is 0 Å². The standard InChI is InChI=1S/C13H22N2O3/c1-9(10-5-6-10)15(2)12(18)14-13(11(16)17)7-3-4-8-13/h9-10H,3-8H2,1-2H3,(H,14,18)(H,16,17). The van der Waals surface area contributed by atoms with Crippen LogP contribution >= 0.6 is 0 Å². The molecule has 2 N–H and O–H groups in total. The molecule has 2 rings (SSSR count). The Morgan fingerprint density at radius 1 is 1.33 bits per heavy atom. The molecule has 2 aliphatic carbocycles. The fraction of sp³-hybridized carbons (Fsp3) is 0.846. The molecule has 0 aromatic rings. The monoisotopic (exact) mass is 254 g/mol. The Morgan fingerprint density at radius 3 is 2.33 bits per heavy atom. The number of urea groups is 1. The van der Waals surface area contributed by atoms with Crippen molar-refractivity contribution in [3.05, 3.63) is 0 Å². The normalized spacial score (nSPS) is 23.4. The lowest BCUT2D eigenvalue weighted by Crippen LogP contribution is -2.57. The van der Waals surface area contributed by atoms with Gasteiger partial charge in [0, 0.05) is 13.1 Å². The summed E-state index contributed by atoms with van der Waals surface area (Å²) in [6.07, 6.45) is 5.16. The fourth-order valence-corrected chi connectivity index (χ4v) is 2.74. The fourth-order valence-electron chi connectivity index (χ4n) is 2.74. The minimum Gasteiger partial charge on any atom is -0.480 e. The molecule has 2 fully saturated rings. The number of carbonyl (C=O) groups excluding carboxylic acids is 1. The zero-order valence-corrected chi connectivity index (χ0v) is 11.1. The van der Waals surface area contributed by atoms with Crippen molar-refractivity contribution in [1.29, 1.82) is 0 Å². The third-order valence-electron chi connectivity index (χ3n) is 4.45. The largest absolute Gasteiger partial charge is 0.480 e. The number of hydrogen-bond donors (Lipinski definition) is 2. The molecular formula is C13H22N2O3. The van der Waals surface area contributed by atoms with E-state index in [9.17, 15) is 14.7 Å². The first-order valence-corrected chi connectivity index (χ1v) is 6.75. The van der Waals surface area contributed by atoms with Crippen LogP contribution in [0.25, 0.3) is 0 Å². The second-order valence-electron chi connectivity index (χ2n) is 5.71. The van der Waals surface area contributed by atoms with E-state index in [1.54, 1.807) is 11.9 Å². The summed E-state index contributed by atoms with van der Waals surface area (Å²) in [7, 11) is 1.75. The molecular weight excluding hydrogens is 232 g/mol. The van der Waals surface area contributed by atoms with Crippen LogP contribution < -0.4 is 5.32 Å². The number of carboxylic acid groups (broad SMARTS) is 1. The highest BCUT2D eigenvalue weighted by Gasteiger charge is 2.44. The van der Waals surface area contributed by atoms with Gasteiger partial charge in [0.15, 0.2) is 0 Å². The Bertz CT molecular complexity index is 346. The van der Waals surface area contributed by atoms with Gasteiger partial charge in [-0.25, -0.2) is 9.59 Å². The van der Waals surface area contributed by atoms with Gasteiger partial charge >= 0.3 is 12.0 Å². The van der Waals surface area contributed by atoms with Crippen molar-refractivity contribution in [1.82, 2.24) is 10.2 Å². The minimum atomic E-state index is -1.03. The van der Waals surface area contributed by atoms with Crippen LogP contribution in [-0.4, -0.2) is 40.6 Å². The van der Waals surface area contributed by atoms with Gasteiger partial charge in [-0.15, -0.1) is 0 Å². The van der Waals surface area contributed by atoms with E-state index in [2.05, 4.69) is 5.32 Å². The third-order valence-corrected chi connectivity index (χ3v) is 4.45. The number of amides is 2. The first-order chi connectivity index (χ1) is 8.46. The van der Waals surface area contributed by atoms with Crippen LogP contribution in [0.5, 0.6) is 0 Å². The maximum Gasteiger partial charge on any atom is 0.329 e. The van der Waals surface area contributed by atoms with Crippen LogP contribution in [-0.2, 0) is 4.79 Å². The van der Waals surface area contributed by atoms with Crippen molar-refractivity contribution in [3.63, 3.8) is 0 Å². The molecule has 5 heteroatoms. The Labute approximate surface area is 108 Å². The average Bonchev–Trinajstić information content (AvgIpc) is 3.07. The summed E-state index contributed by atoms with van der Waals surface area (Å²) in [6.45, 7) is 2.03. The molecule has 0 aromatic carbocycles. The zero-order valence-electron chi connectivity index (χ0n) is 11.1. The summed E-state index contributed by atoms with van der Waals surface area (Å²) >= 11 is 0. The van der Waals surface area contributed by atoms with Gasteiger partial charge in [-0.2, -0.15) is 0 Å². The molecule has 102 valence electrons. The van der Waals surface area contributed by atoms with E-state index in [1.807, 2.05) is 6.92 Å². The van der Waals surface area contributed by atoms with Crippen molar-refractivity contribution in [2.24, 2.45) is 5.92 Å². The van der Waals surface area contributed by atoms with Crippen molar-refractivity contribution < 1.29 is 14.7 Å². The average molecular weight is 254 g/mol. The van der Waals surface area contributed by atoms with Crippen molar-refractivity contribution >= 4 is 12.0 Å². The molecule has 2 aliphatic rings. The minimum absolute atomic E-state index is 0.192. The molecule has 1 atom stereocenters. The highest BCUT2D eigenvalue weighted by molar-refractivity contribution is 5.86. The summed E-state index contributed by atoms with van der Waals surface area (Å²) in [4.78, 5) is 25.2. The molecule has 0 heterocycles. The number of carbonyl (C=O) groups is 2. The SMILES string of the molecule is CC(C1CC1)N(C)C(=O)NC1(C(=O)O)CCCC1. The van der Waals surface area contributed by atoms with E-state index in [1.165, 1.54) is 12.8 Å². The van der Waals surface area contributed by atoms with Crippen LogP contribution in [0, 0.1) is 5.92 Å². The lowest BCUT2D eigenvalue weighted by atomic mass is 9.98. The number of nitrogens with one attached hydrogen (secondary N) is 1. The van der Waals surface area contributed by atoms with Crippen molar-refractivity contribution in [3.8, 4) is 0 Å². The summed E-state index contributed by atoms with van der Waals surface area (Å²) in [6, 6.07) is -0.0593. The first kappa shape index (κ1) is 13.2. The number of hydrogen-bond acceptors (Lipinski definition) is 2. The van der Waals surface area contributed by atoms with Gasteiger partial charge in [0.2, 0.25) is 0 Å². The second kappa shape index (κ2) is 4.78. The van der Waals surface area contributed by atoms with Crippen LogP contribution in [0.1, 0.15) is 45.4 Å². The molecule has 0 radical (unpaired) electrons. The molecule has 0 aromatic heterocycles. The summed E-state index contributed by atoms with van der Waals surface area (Å²) < 4.78 is 0. The Morgan fingerprint density at radius 2 is 1.89 bits per heavy atom. The molecule has 0 bridgehead atoms. The van der Waals surface area contributed by atoms with Gasteiger partial charge in [0.05, 0.1) is 0 Å². The lowest BCUT2D eigenvalue weighted by Gasteiger charge is -2.31. The predicted octanol–water partition coefficient (Wildman–Crippen LogP) is 1.82. The molecule has 0 aliphatic heterocycles. The lowest BCUT2D eigenvalue weighted by molar-refractivity contribution is -0.144. The smallest absolute Gasteiger partial charge is 0.329 e. The second-order valence-corrected chi connectivity index (χ2v) is 5.71. The van der Waals surface area contributed by atoms with E-state index >= 15 is 0 Å². The molecule has 1 unspecified atom stereocenters. The van der Waals surface area contributed by atoms with Gasteiger partial charge in [0.1, 0.15) is 5.54 Å². The molecule has 2 amide bonds. The Hall–Kier alpha value is -1.26. The van der Waals surface area contributed by atoms with Crippen LogP contribution in [0.4, 0.5) is 4.79 Å². The van der Waals surface area contributed by atoms with E-state index in [0.717, 1.165) is 12.8 Å². The van der Waals surface area contributed by atoms with Crippen LogP contribution in [0.15, 0.2) is 0 Å². The zero-order chi connectivity index (χ0) is 13.3. The number of rotatable bonds is 4. The number of aliphatic carboxylic acids is 1. The highest BCUT2D eigenvalue weighted by Crippen LogP contribution is 2.35. The van der Waals surface area contributed by atoms with Crippen molar-refractivity contribution in [2.75, 3.05) is 7.05 Å². The quantitative estimate of drug-likeness (QED) is 0.804. The van der Waals surface area contributed by atoms with Gasteiger partial charge < -0.3 is 15.3 Å². The van der Waals surface area contributed by atoms with E-state index < -0.39 is 11.5 Å². The number of nitrogens with zero attached hydrogens (tertiary/aromatic N) is 1. The summed E-state index contributed by atoms with van der Waals surface area (Å²) in [5, 5.41) is 12.1. The van der Waals surface area contributed by atoms with Gasteiger partial charge in [0.25, 0.3) is 0 Å². The Kier molecular flexibility index (Phi) is 3.50. The molecule has 18 heavy (non-hydrogen) atoms. The number of carboxylic acids is 1. The van der Waals surface area contributed by atoms with E-state index in [4.69, 9.17) is 0 Å². The topological polar surface area (TPSA) is 69.6 Å².